The molecule has 3 rings (SSSR count). The molecule has 0 spiro atoms. The molecule has 110 valence electrons. The van der Waals surface area contributed by atoms with Gasteiger partial charge in [0.1, 0.15) is 26.2 Å². The zero-order valence-electron chi connectivity index (χ0n) is 11.6. The van der Waals surface area contributed by atoms with Gasteiger partial charge in [0.15, 0.2) is 0 Å². The second kappa shape index (κ2) is 6.20. The Morgan fingerprint density at radius 1 is 0.500 bits per heavy atom. The highest BCUT2D eigenvalue weighted by molar-refractivity contribution is 6.95. The number of hydrogen-bond acceptors (Lipinski definition) is 0. The van der Waals surface area contributed by atoms with E-state index in [1.165, 1.54) is 36.4 Å². The van der Waals surface area contributed by atoms with Gasteiger partial charge in [-0.15, -0.1) is 0 Å². The average molecular weight is 314 g/mol. The summed E-state index contributed by atoms with van der Waals surface area (Å²) in [7, 11) is -2.11. The van der Waals surface area contributed by atoms with E-state index in [9.17, 15) is 13.2 Å². The van der Waals surface area contributed by atoms with Gasteiger partial charge in [-0.2, -0.15) is 0 Å². The fourth-order valence-corrected chi connectivity index (χ4v) is 5.68. The number of halogens is 3. The quantitative estimate of drug-likeness (QED) is 0.514. The predicted molar refractivity (Wildman–Crippen MR) is 85.3 cm³/mol. The van der Waals surface area contributed by atoms with Gasteiger partial charge < -0.3 is 0 Å². The van der Waals surface area contributed by atoms with Gasteiger partial charge >= 0.3 is 0 Å². The first-order valence-electron chi connectivity index (χ1n) is 6.90. The maximum Gasteiger partial charge on any atom is 0.133 e. The molecule has 0 unspecified atom stereocenters. The van der Waals surface area contributed by atoms with E-state index in [0.29, 0.717) is 0 Å². The Morgan fingerprint density at radius 2 is 0.818 bits per heavy atom. The van der Waals surface area contributed by atoms with Crippen molar-refractivity contribution in [1.82, 2.24) is 0 Å². The molecular formula is C18H13F3Si. The van der Waals surface area contributed by atoms with Gasteiger partial charge in [-0.25, -0.2) is 13.2 Å². The minimum atomic E-state index is -2.11. The molecule has 4 heteroatoms. The molecule has 0 heterocycles. The van der Waals surface area contributed by atoms with E-state index in [4.69, 9.17) is 0 Å². The molecule has 0 atom stereocenters. The van der Waals surface area contributed by atoms with Crippen LogP contribution in [0.15, 0.2) is 72.8 Å². The van der Waals surface area contributed by atoms with Gasteiger partial charge in [0.05, 0.1) is 0 Å². The highest BCUT2D eigenvalue weighted by atomic mass is 28.3. The van der Waals surface area contributed by atoms with E-state index in [1.807, 2.05) is 18.2 Å². The summed E-state index contributed by atoms with van der Waals surface area (Å²) in [6, 6.07) is 18.8. The molecule has 0 fully saturated rings. The van der Waals surface area contributed by atoms with E-state index in [2.05, 4.69) is 0 Å². The van der Waals surface area contributed by atoms with Crippen LogP contribution in [0.2, 0.25) is 0 Å². The van der Waals surface area contributed by atoms with Crippen molar-refractivity contribution in [3.05, 3.63) is 90.2 Å². The van der Waals surface area contributed by atoms with E-state index < -0.39 is 8.80 Å². The lowest BCUT2D eigenvalue weighted by molar-refractivity contribution is 0.629. The van der Waals surface area contributed by atoms with Crippen molar-refractivity contribution in [3.63, 3.8) is 0 Å². The van der Waals surface area contributed by atoms with Crippen molar-refractivity contribution >= 4 is 24.4 Å². The largest absolute Gasteiger partial charge is 0.207 e. The second-order valence-corrected chi connectivity index (χ2v) is 7.96. The lowest BCUT2D eigenvalue weighted by Gasteiger charge is -2.17. The third-order valence-electron chi connectivity index (χ3n) is 3.55. The molecule has 0 aliphatic carbocycles. The molecule has 0 bridgehead atoms. The zero-order valence-corrected chi connectivity index (χ0v) is 12.8. The van der Waals surface area contributed by atoms with Gasteiger partial charge in [-0.1, -0.05) is 36.4 Å². The van der Waals surface area contributed by atoms with E-state index in [1.54, 1.807) is 18.2 Å². The molecular weight excluding hydrogens is 301 g/mol. The van der Waals surface area contributed by atoms with Crippen molar-refractivity contribution in [2.75, 3.05) is 0 Å². The molecule has 0 saturated carbocycles. The predicted octanol–water partition coefficient (Wildman–Crippen LogP) is 2.35. The monoisotopic (exact) mass is 314 g/mol. The van der Waals surface area contributed by atoms with Crippen LogP contribution in [0.4, 0.5) is 13.2 Å². The minimum absolute atomic E-state index is 0.345. The SMILES string of the molecule is Fc1cccc([SiH](c2cccc(F)c2)c2cccc(F)c2)c1. The summed E-state index contributed by atoms with van der Waals surface area (Å²) in [5.41, 5.74) is 0. The average Bonchev–Trinajstić information content (AvgIpc) is 2.48. The highest BCUT2D eigenvalue weighted by Gasteiger charge is 2.20. The van der Waals surface area contributed by atoms with Crippen molar-refractivity contribution < 1.29 is 13.2 Å². The molecule has 0 saturated heterocycles. The number of benzene rings is 3. The molecule has 0 aliphatic heterocycles. The zero-order chi connectivity index (χ0) is 15.5. The molecule has 0 aliphatic rings. The standard InChI is InChI=1S/C18H13F3Si/c19-13-4-1-7-16(10-13)22(17-8-2-5-14(20)11-17)18-9-3-6-15(21)12-18/h1-12,22H. The van der Waals surface area contributed by atoms with Crippen LogP contribution in [-0.2, 0) is 0 Å². The maximum absolute atomic E-state index is 13.6. The first kappa shape index (κ1) is 14.6. The number of hydrogen-bond donors (Lipinski definition) is 0. The molecule has 0 radical (unpaired) electrons. The van der Waals surface area contributed by atoms with Crippen LogP contribution >= 0.6 is 0 Å². The molecule has 0 amide bonds. The molecule has 3 aromatic rings. The Morgan fingerprint density at radius 3 is 1.09 bits per heavy atom. The molecule has 0 N–H and O–H groups in total. The Kier molecular flexibility index (Phi) is 4.11. The Labute approximate surface area is 128 Å². The third-order valence-corrected chi connectivity index (χ3v) is 6.62. The summed E-state index contributed by atoms with van der Waals surface area (Å²) in [4.78, 5) is 0. The first-order chi connectivity index (χ1) is 10.6. The topological polar surface area (TPSA) is 0 Å². The van der Waals surface area contributed by atoms with Crippen molar-refractivity contribution in [1.29, 1.82) is 0 Å². The van der Waals surface area contributed by atoms with E-state index in [-0.39, 0.29) is 17.5 Å². The van der Waals surface area contributed by atoms with Crippen LogP contribution in [0.5, 0.6) is 0 Å². The van der Waals surface area contributed by atoms with E-state index >= 15 is 0 Å². The van der Waals surface area contributed by atoms with Gasteiger partial charge in [-0.05, 0) is 52.0 Å². The van der Waals surface area contributed by atoms with Crippen LogP contribution < -0.4 is 15.6 Å². The Hall–Kier alpha value is -2.33. The fourth-order valence-electron chi connectivity index (χ4n) is 2.64. The fraction of sp³-hybridized carbons (Fsp3) is 0. The summed E-state index contributed by atoms with van der Waals surface area (Å²) in [5, 5.41) is 2.36. The molecule has 0 nitrogen and oxygen atoms in total. The van der Waals surface area contributed by atoms with Crippen LogP contribution in [-0.4, -0.2) is 8.80 Å². The lowest BCUT2D eigenvalue weighted by Crippen LogP contribution is -2.52. The van der Waals surface area contributed by atoms with Crippen LogP contribution in [0, 0.1) is 17.5 Å². The van der Waals surface area contributed by atoms with Crippen LogP contribution in [0.25, 0.3) is 0 Å². The van der Waals surface area contributed by atoms with Crippen molar-refractivity contribution in [2.45, 2.75) is 0 Å². The van der Waals surface area contributed by atoms with Gasteiger partial charge in [0.25, 0.3) is 0 Å². The van der Waals surface area contributed by atoms with Crippen LogP contribution in [0.1, 0.15) is 0 Å². The number of rotatable bonds is 3. The molecule has 0 aromatic heterocycles. The first-order valence-corrected chi connectivity index (χ1v) is 8.63. The van der Waals surface area contributed by atoms with Gasteiger partial charge in [0, 0.05) is 0 Å². The minimum Gasteiger partial charge on any atom is -0.207 e. The van der Waals surface area contributed by atoms with Crippen LogP contribution in [0.3, 0.4) is 0 Å². The van der Waals surface area contributed by atoms with E-state index in [0.717, 1.165) is 15.6 Å². The van der Waals surface area contributed by atoms with Gasteiger partial charge in [-0.3, -0.25) is 0 Å². The molecule has 3 aromatic carbocycles. The normalized spacial score (nSPS) is 10.9. The Balaban J connectivity index is 2.18. The Bertz CT molecular complexity index is 693. The third kappa shape index (κ3) is 3.12. The summed E-state index contributed by atoms with van der Waals surface area (Å²) in [5.74, 6) is -1.03. The highest BCUT2D eigenvalue weighted by Crippen LogP contribution is 2.02. The smallest absolute Gasteiger partial charge is 0.133 e. The maximum atomic E-state index is 13.6. The summed E-state index contributed by atoms with van der Waals surface area (Å²) >= 11 is 0. The second-order valence-electron chi connectivity index (χ2n) is 5.10. The molecule has 22 heavy (non-hydrogen) atoms. The summed E-state index contributed by atoms with van der Waals surface area (Å²) in [6.07, 6.45) is 0. The summed E-state index contributed by atoms with van der Waals surface area (Å²) in [6.45, 7) is 0. The lowest BCUT2D eigenvalue weighted by atomic mass is 10.3. The summed E-state index contributed by atoms with van der Waals surface area (Å²) < 4.78 is 40.8. The van der Waals surface area contributed by atoms with Crippen molar-refractivity contribution in [2.24, 2.45) is 0 Å². The van der Waals surface area contributed by atoms with Crippen molar-refractivity contribution in [3.8, 4) is 0 Å². The van der Waals surface area contributed by atoms with Gasteiger partial charge in [0.2, 0.25) is 0 Å².